The van der Waals surface area contributed by atoms with Crippen LogP contribution in [0.5, 0.6) is 5.75 Å². The third kappa shape index (κ3) is 7.70. The molecule has 214 valence electrons. The second kappa shape index (κ2) is 13.3. The summed E-state index contributed by atoms with van der Waals surface area (Å²) in [6.45, 7) is 2.13. The van der Waals surface area contributed by atoms with Gasteiger partial charge in [-0.25, -0.2) is 26.9 Å². The predicted molar refractivity (Wildman–Crippen MR) is 143 cm³/mol. The number of halogens is 7. The first kappa shape index (κ1) is 30.2. The van der Waals surface area contributed by atoms with Gasteiger partial charge in [0, 0.05) is 29.5 Å². The molecular formula is C33H22F7NO. The minimum atomic E-state index is -3.96. The van der Waals surface area contributed by atoms with Crippen molar-refractivity contribution >= 4 is 0 Å². The molecule has 0 N–H and O–H groups in total. The lowest BCUT2D eigenvalue weighted by atomic mass is 10.1. The molecule has 42 heavy (non-hydrogen) atoms. The normalized spacial score (nSPS) is 10.9. The van der Waals surface area contributed by atoms with Crippen LogP contribution in [0.15, 0.2) is 66.9 Å². The van der Waals surface area contributed by atoms with Crippen LogP contribution in [0.4, 0.5) is 30.7 Å². The van der Waals surface area contributed by atoms with Crippen LogP contribution in [0.2, 0.25) is 0 Å². The summed E-state index contributed by atoms with van der Waals surface area (Å²) in [5.74, 6) is 1.50. The van der Waals surface area contributed by atoms with Gasteiger partial charge in [0.15, 0.2) is 17.5 Å². The summed E-state index contributed by atoms with van der Waals surface area (Å²) in [5, 5.41) is 0. The minimum Gasteiger partial charge on any atom is -0.429 e. The lowest BCUT2D eigenvalue weighted by Gasteiger charge is -2.18. The number of rotatable bonds is 7. The van der Waals surface area contributed by atoms with Crippen LogP contribution < -0.4 is 4.74 Å². The molecule has 0 saturated carbocycles. The molecule has 9 heteroatoms. The Morgan fingerprint density at radius 2 is 1.36 bits per heavy atom. The SMILES string of the molecule is CCCCCc1ccc(C#Cc2ccc(C(F)(F)Oc3cc(F)c(C#Cc4cc(F)c(F)c(F)c4)c(F)c3)cc2)nc1. The maximum absolute atomic E-state index is 14.8. The van der Waals surface area contributed by atoms with E-state index in [2.05, 4.69) is 34.4 Å². The van der Waals surface area contributed by atoms with Crippen LogP contribution in [0.25, 0.3) is 0 Å². The largest absolute Gasteiger partial charge is 0.429 e. The van der Waals surface area contributed by atoms with Gasteiger partial charge < -0.3 is 4.74 Å². The first-order chi connectivity index (χ1) is 20.1. The highest BCUT2D eigenvalue weighted by atomic mass is 19.3. The zero-order valence-electron chi connectivity index (χ0n) is 22.2. The Hall–Kier alpha value is -4.76. The van der Waals surface area contributed by atoms with Crippen molar-refractivity contribution in [3.8, 4) is 29.4 Å². The highest BCUT2D eigenvalue weighted by Crippen LogP contribution is 2.33. The van der Waals surface area contributed by atoms with Crippen molar-refractivity contribution in [3.63, 3.8) is 0 Å². The molecular weight excluding hydrogens is 559 g/mol. The molecule has 0 atom stereocenters. The number of aromatic nitrogens is 1. The smallest absolute Gasteiger partial charge is 0.426 e. The Morgan fingerprint density at radius 3 is 1.95 bits per heavy atom. The van der Waals surface area contributed by atoms with E-state index in [0.29, 0.717) is 35.5 Å². The van der Waals surface area contributed by atoms with Crippen molar-refractivity contribution in [1.29, 1.82) is 0 Å². The Labute approximate surface area is 238 Å². The van der Waals surface area contributed by atoms with Crippen LogP contribution in [-0.4, -0.2) is 4.98 Å². The number of alkyl halides is 2. The van der Waals surface area contributed by atoms with Gasteiger partial charge in [-0.15, -0.1) is 0 Å². The molecule has 0 unspecified atom stereocenters. The minimum absolute atomic E-state index is 0.392. The first-order valence-electron chi connectivity index (χ1n) is 12.9. The number of hydrogen-bond acceptors (Lipinski definition) is 2. The maximum Gasteiger partial charge on any atom is 0.426 e. The summed E-state index contributed by atoms with van der Waals surface area (Å²) in [5.41, 5.74) is 0.232. The molecule has 0 aliphatic carbocycles. The van der Waals surface area contributed by atoms with Crippen molar-refractivity contribution in [2.24, 2.45) is 0 Å². The quantitative estimate of drug-likeness (QED) is 0.0946. The Bertz CT molecular complexity index is 1650. The number of aryl methyl sites for hydroxylation is 1. The van der Waals surface area contributed by atoms with Gasteiger partial charge in [0.2, 0.25) is 0 Å². The first-order valence-corrected chi connectivity index (χ1v) is 12.9. The number of nitrogens with zero attached hydrogens (tertiary/aromatic N) is 1. The third-order valence-corrected chi connectivity index (χ3v) is 6.03. The van der Waals surface area contributed by atoms with Gasteiger partial charge in [-0.1, -0.05) is 43.6 Å². The third-order valence-electron chi connectivity index (χ3n) is 6.03. The van der Waals surface area contributed by atoms with Gasteiger partial charge in [-0.05, 0) is 66.8 Å². The number of pyridine rings is 1. The fourth-order valence-electron chi connectivity index (χ4n) is 3.81. The summed E-state index contributed by atoms with van der Waals surface area (Å²) in [6.07, 6.45) is 2.09. The zero-order chi connectivity index (χ0) is 30.3. The molecule has 1 aromatic heterocycles. The van der Waals surface area contributed by atoms with E-state index in [1.54, 1.807) is 12.3 Å². The molecule has 0 spiro atoms. The van der Waals surface area contributed by atoms with E-state index in [1.807, 2.05) is 12.0 Å². The number of ether oxygens (including phenoxy) is 1. The average molecular weight is 582 g/mol. The summed E-state index contributed by atoms with van der Waals surface area (Å²) >= 11 is 0. The van der Waals surface area contributed by atoms with Crippen LogP contribution >= 0.6 is 0 Å². The van der Waals surface area contributed by atoms with E-state index in [-0.39, 0.29) is 0 Å². The molecule has 0 saturated heterocycles. The molecule has 0 aliphatic rings. The van der Waals surface area contributed by atoms with Crippen molar-refractivity contribution in [2.45, 2.75) is 38.7 Å². The lowest BCUT2D eigenvalue weighted by molar-refractivity contribution is -0.185. The predicted octanol–water partition coefficient (Wildman–Crippen LogP) is 8.44. The van der Waals surface area contributed by atoms with Crippen LogP contribution in [-0.2, 0) is 12.5 Å². The summed E-state index contributed by atoms with van der Waals surface area (Å²) in [4.78, 5) is 4.31. The van der Waals surface area contributed by atoms with E-state index in [9.17, 15) is 30.7 Å². The highest BCUT2D eigenvalue weighted by molar-refractivity contribution is 5.47. The molecule has 0 bridgehead atoms. The monoisotopic (exact) mass is 581 g/mol. The second-order valence-electron chi connectivity index (χ2n) is 9.22. The zero-order valence-corrected chi connectivity index (χ0v) is 22.2. The van der Waals surface area contributed by atoms with Gasteiger partial charge in [-0.2, -0.15) is 8.78 Å². The number of benzene rings is 3. The van der Waals surface area contributed by atoms with Crippen molar-refractivity contribution in [3.05, 3.63) is 129 Å². The maximum atomic E-state index is 14.8. The highest BCUT2D eigenvalue weighted by Gasteiger charge is 2.35. The van der Waals surface area contributed by atoms with E-state index in [0.717, 1.165) is 43.4 Å². The summed E-state index contributed by atoms with van der Waals surface area (Å²) in [6, 6.07) is 10.7. The van der Waals surface area contributed by atoms with Crippen molar-refractivity contribution < 1.29 is 35.5 Å². The fourth-order valence-corrected chi connectivity index (χ4v) is 3.81. The van der Waals surface area contributed by atoms with E-state index < -0.39 is 57.6 Å². The summed E-state index contributed by atoms with van der Waals surface area (Å²) in [7, 11) is 0. The molecule has 4 aromatic rings. The second-order valence-corrected chi connectivity index (χ2v) is 9.22. The average Bonchev–Trinajstić information content (AvgIpc) is 2.95. The lowest BCUT2D eigenvalue weighted by Crippen LogP contribution is -2.22. The fraction of sp³-hybridized carbons (Fsp3) is 0.182. The van der Waals surface area contributed by atoms with Gasteiger partial charge in [-0.3, -0.25) is 0 Å². The van der Waals surface area contributed by atoms with E-state index in [1.165, 1.54) is 12.1 Å². The molecule has 1 heterocycles. The van der Waals surface area contributed by atoms with Crippen molar-refractivity contribution in [1.82, 2.24) is 4.98 Å². The van der Waals surface area contributed by atoms with E-state index in [4.69, 9.17) is 0 Å². The van der Waals surface area contributed by atoms with Crippen molar-refractivity contribution in [2.75, 3.05) is 0 Å². The Balaban J connectivity index is 1.44. The van der Waals surface area contributed by atoms with Crippen LogP contribution in [0.3, 0.4) is 0 Å². The number of hydrogen-bond donors (Lipinski definition) is 0. The van der Waals surface area contributed by atoms with Crippen LogP contribution in [0.1, 0.15) is 59.7 Å². The van der Waals surface area contributed by atoms with Crippen LogP contribution in [0, 0.1) is 52.8 Å². The molecule has 0 radical (unpaired) electrons. The standard InChI is InChI=1S/C33H22F7NO/c1-2-3-4-5-22-9-14-25(41-20-22)13-8-21-6-11-24(12-7-21)33(39,40)42-26-18-28(34)27(29(35)19-26)15-10-23-16-30(36)32(38)31(37)17-23/h6-7,9,11-12,14,16-20H,2-5H2,1H3. The van der Waals surface area contributed by atoms with Gasteiger partial charge in [0.1, 0.15) is 23.1 Å². The van der Waals surface area contributed by atoms with Gasteiger partial charge >= 0.3 is 6.11 Å². The molecule has 0 aliphatic heterocycles. The topological polar surface area (TPSA) is 22.1 Å². The van der Waals surface area contributed by atoms with Gasteiger partial charge in [0.05, 0.1) is 11.1 Å². The molecule has 0 fully saturated rings. The summed E-state index contributed by atoms with van der Waals surface area (Å²) < 4.78 is 103. The van der Waals surface area contributed by atoms with E-state index >= 15 is 0 Å². The molecule has 3 aromatic carbocycles. The Kier molecular flexibility index (Phi) is 9.54. The molecule has 0 amide bonds. The molecule has 4 rings (SSSR count). The van der Waals surface area contributed by atoms with Gasteiger partial charge in [0.25, 0.3) is 0 Å². The molecule has 2 nitrogen and oxygen atoms in total. The number of unbranched alkanes of at least 4 members (excludes halogenated alkanes) is 2. The Morgan fingerprint density at radius 1 is 0.714 bits per heavy atom.